The third kappa shape index (κ3) is 2.87. The van der Waals surface area contributed by atoms with Crippen molar-refractivity contribution < 1.29 is 4.79 Å². The minimum atomic E-state index is -0.242. The molecule has 0 saturated carbocycles. The van der Waals surface area contributed by atoms with Crippen LogP contribution in [0.15, 0.2) is 72.9 Å². The Hall–Kier alpha value is -3.47. The van der Waals surface area contributed by atoms with Gasteiger partial charge in [0.1, 0.15) is 0 Å². The summed E-state index contributed by atoms with van der Waals surface area (Å²) in [6.45, 7) is 1.93. The number of pyridine rings is 1. The summed E-state index contributed by atoms with van der Waals surface area (Å²) in [5.41, 5.74) is 3.76. The molecule has 4 aromatic rings. The number of carbonyl (C=O) groups excluding carboxylic acids is 1. The van der Waals surface area contributed by atoms with Gasteiger partial charge in [-0.2, -0.15) is 5.10 Å². The van der Waals surface area contributed by atoms with Gasteiger partial charge in [-0.25, -0.2) is 4.68 Å². The molecule has 0 unspecified atom stereocenters. The second-order valence-corrected chi connectivity index (χ2v) is 5.75. The molecule has 0 bridgehead atoms. The maximum Gasteiger partial charge on any atom is 0.276 e. The fraction of sp³-hybridized carbons (Fsp3) is 0.0500. The van der Waals surface area contributed by atoms with E-state index in [-0.39, 0.29) is 5.91 Å². The minimum absolute atomic E-state index is 0.242. The zero-order valence-electron chi connectivity index (χ0n) is 13.7. The standard InChI is InChI=1S/C20H16N4O/c1-14-13-19(23-24(14)15-7-3-2-4-8-15)20(25)22-18-11-5-10-17-16(18)9-6-12-21-17/h2-13H,1H3,(H,22,25). The van der Waals surface area contributed by atoms with Gasteiger partial charge in [0.15, 0.2) is 5.69 Å². The summed E-state index contributed by atoms with van der Waals surface area (Å²) in [4.78, 5) is 17.0. The van der Waals surface area contributed by atoms with E-state index in [1.807, 2.05) is 67.6 Å². The van der Waals surface area contributed by atoms with Gasteiger partial charge in [-0.15, -0.1) is 0 Å². The molecule has 0 atom stereocenters. The maximum absolute atomic E-state index is 12.6. The normalized spacial score (nSPS) is 10.8. The van der Waals surface area contributed by atoms with Crippen molar-refractivity contribution in [2.75, 3.05) is 5.32 Å². The first-order valence-corrected chi connectivity index (χ1v) is 7.99. The number of para-hydroxylation sites is 1. The molecule has 1 amide bonds. The lowest BCUT2D eigenvalue weighted by Crippen LogP contribution is -2.13. The Morgan fingerprint density at radius 1 is 1.00 bits per heavy atom. The first kappa shape index (κ1) is 15.1. The number of aryl methyl sites for hydroxylation is 1. The van der Waals surface area contributed by atoms with Crippen molar-refractivity contribution in [3.05, 3.63) is 84.3 Å². The van der Waals surface area contributed by atoms with Crippen LogP contribution in [0.1, 0.15) is 16.2 Å². The molecule has 0 fully saturated rings. The molecule has 0 aliphatic carbocycles. The molecule has 2 aromatic heterocycles. The maximum atomic E-state index is 12.6. The van der Waals surface area contributed by atoms with Gasteiger partial charge in [0.2, 0.25) is 0 Å². The highest BCUT2D eigenvalue weighted by Crippen LogP contribution is 2.22. The summed E-state index contributed by atoms with van der Waals surface area (Å²) >= 11 is 0. The first-order chi connectivity index (χ1) is 12.2. The van der Waals surface area contributed by atoms with Gasteiger partial charge in [0.25, 0.3) is 5.91 Å². The highest BCUT2D eigenvalue weighted by atomic mass is 16.1. The average molecular weight is 328 g/mol. The predicted molar refractivity (Wildman–Crippen MR) is 98.0 cm³/mol. The van der Waals surface area contributed by atoms with Crippen molar-refractivity contribution >= 4 is 22.5 Å². The van der Waals surface area contributed by atoms with Crippen molar-refractivity contribution in [2.24, 2.45) is 0 Å². The lowest BCUT2D eigenvalue weighted by atomic mass is 10.2. The van der Waals surface area contributed by atoms with Crippen LogP contribution in [0.3, 0.4) is 0 Å². The van der Waals surface area contributed by atoms with Gasteiger partial charge in [0, 0.05) is 17.3 Å². The molecule has 0 aliphatic heterocycles. The number of hydrogen-bond donors (Lipinski definition) is 1. The molecule has 4 rings (SSSR count). The van der Waals surface area contributed by atoms with Gasteiger partial charge in [-0.05, 0) is 49.4 Å². The number of rotatable bonds is 3. The van der Waals surface area contributed by atoms with Crippen molar-refractivity contribution in [2.45, 2.75) is 6.92 Å². The Labute approximate surface area is 144 Å². The minimum Gasteiger partial charge on any atom is -0.320 e. The van der Waals surface area contributed by atoms with E-state index in [0.717, 1.165) is 28.0 Å². The summed E-state index contributed by atoms with van der Waals surface area (Å²) in [5.74, 6) is -0.242. The SMILES string of the molecule is Cc1cc(C(=O)Nc2cccc3ncccc23)nn1-c1ccccc1. The summed E-state index contributed by atoms with van der Waals surface area (Å²) in [6.07, 6.45) is 1.73. The van der Waals surface area contributed by atoms with Gasteiger partial charge >= 0.3 is 0 Å². The molecule has 0 aliphatic rings. The van der Waals surface area contributed by atoms with E-state index in [9.17, 15) is 4.79 Å². The summed E-state index contributed by atoms with van der Waals surface area (Å²) in [5, 5.41) is 8.28. The number of nitrogens with one attached hydrogen (secondary N) is 1. The number of anilines is 1. The largest absolute Gasteiger partial charge is 0.320 e. The van der Waals surface area contributed by atoms with Crippen LogP contribution in [0.5, 0.6) is 0 Å². The van der Waals surface area contributed by atoms with Crippen LogP contribution >= 0.6 is 0 Å². The van der Waals surface area contributed by atoms with Gasteiger partial charge < -0.3 is 5.32 Å². The fourth-order valence-corrected chi connectivity index (χ4v) is 2.81. The molecule has 122 valence electrons. The van der Waals surface area contributed by atoms with Crippen LogP contribution in [0.2, 0.25) is 0 Å². The average Bonchev–Trinajstić information content (AvgIpc) is 3.05. The number of amides is 1. The smallest absolute Gasteiger partial charge is 0.276 e. The number of aromatic nitrogens is 3. The Bertz CT molecular complexity index is 1050. The highest BCUT2D eigenvalue weighted by molar-refractivity contribution is 6.07. The third-order valence-corrected chi connectivity index (χ3v) is 4.01. The lowest BCUT2D eigenvalue weighted by Gasteiger charge is -2.07. The molecular formula is C20H16N4O. The Morgan fingerprint density at radius 3 is 2.68 bits per heavy atom. The van der Waals surface area contributed by atoms with Crippen LogP contribution in [0.25, 0.3) is 16.6 Å². The molecule has 2 aromatic carbocycles. The van der Waals surface area contributed by atoms with Gasteiger partial charge in [-0.1, -0.05) is 24.3 Å². The van der Waals surface area contributed by atoms with E-state index in [1.54, 1.807) is 16.9 Å². The molecule has 1 N–H and O–H groups in total. The van der Waals surface area contributed by atoms with Crippen molar-refractivity contribution in [3.8, 4) is 5.69 Å². The molecule has 0 saturated heterocycles. The zero-order valence-corrected chi connectivity index (χ0v) is 13.7. The lowest BCUT2D eigenvalue weighted by molar-refractivity contribution is 0.102. The fourth-order valence-electron chi connectivity index (χ4n) is 2.81. The monoisotopic (exact) mass is 328 g/mol. The van der Waals surface area contributed by atoms with Crippen LogP contribution in [-0.2, 0) is 0 Å². The van der Waals surface area contributed by atoms with Gasteiger partial charge in [0.05, 0.1) is 16.9 Å². The number of carbonyl (C=O) groups is 1. The molecule has 0 radical (unpaired) electrons. The second kappa shape index (κ2) is 6.20. The van der Waals surface area contributed by atoms with Crippen LogP contribution in [-0.4, -0.2) is 20.7 Å². The summed E-state index contributed by atoms with van der Waals surface area (Å²) in [6, 6.07) is 21.0. The van der Waals surface area contributed by atoms with E-state index in [1.165, 1.54) is 0 Å². The number of nitrogens with zero attached hydrogens (tertiary/aromatic N) is 3. The van der Waals surface area contributed by atoms with E-state index in [4.69, 9.17) is 0 Å². The molecule has 5 nitrogen and oxygen atoms in total. The van der Waals surface area contributed by atoms with Gasteiger partial charge in [-0.3, -0.25) is 9.78 Å². The highest BCUT2D eigenvalue weighted by Gasteiger charge is 2.14. The molecule has 2 heterocycles. The molecule has 0 spiro atoms. The quantitative estimate of drug-likeness (QED) is 0.619. The Kier molecular flexibility index (Phi) is 3.74. The Morgan fingerprint density at radius 2 is 1.84 bits per heavy atom. The number of benzene rings is 2. The number of fused-ring (bicyclic) bond motifs is 1. The predicted octanol–water partition coefficient (Wildman–Crippen LogP) is 3.98. The van der Waals surface area contributed by atoms with E-state index in [0.29, 0.717) is 5.69 Å². The zero-order chi connectivity index (χ0) is 17.2. The van der Waals surface area contributed by atoms with Crippen molar-refractivity contribution in [3.63, 3.8) is 0 Å². The van der Waals surface area contributed by atoms with E-state index in [2.05, 4.69) is 15.4 Å². The van der Waals surface area contributed by atoms with Crippen molar-refractivity contribution in [1.29, 1.82) is 0 Å². The van der Waals surface area contributed by atoms with E-state index < -0.39 is 0 Å². The summed E-state index contributed by atoms with van der Waals surface area (Å²) < 4.78 is 1.76. The van der Waals surface area contributed by atoms with Crippen LogP contribution in [0.4, 0.5) is 5.69 Å². The first-order valence-electron chi connectivity index (χ1n) is 7.99. The third-order valence-electron chi connectivity index (χ3n) is 4.01. The van der Waals surface area contributed by atoms with Crippen molar-refractivity contribution in [1.82, 2.24) is 14.8 Å². The molecule has 25 heavy (non-hydrogen) atoms. The van der Waals surface area contributed by atoms with Crippen LogP contribution in [0, 0.1) is 6.92 Å². The molecule has 5 heteroatoms. The van der Waals surface area contributed by atoms with Crippen LogP contribution < -0.4 is 5.32 Å². The molecular weight excluding hydrogens is 312 g/mol. The number of hydrogen-bond acceptors (Lipinski definition) is 3. The summed E-state index contributed by atoms with van der Waals surface area (Å²) in [7, 11) is 0. The Balaban J connectivity index is 1.66. The van der Waals surface area contributed by atoms with E-state index >= 15 is 0 Å². The topological polar surface area (TPSA) is 59.8 Å². The second-order valence-electron chi connectivity index (χ2n) is 5.75.